The molecule has 102 valence electrons. The van der Waals surface area contributed by atoms with Gasteiger partial charge in [0.25, 0.3) is 0 Å². The normalized spacial score (nSPS) is 14.6. The average molecular weight is 295 g/mol. The SMILES string of the molecule is CC(N)C(c1cccs1)N(C)Cc1ccc(Cl)cc1. The number of nitrogens with zero attached hydrogens (tertiary/aromatic N) is 1. The molecule has 1 heterocycles. The van der Waals surface area contributed by atoms with Crippen LogP contribution in [0.25, 0.3) is 0 Å². The lowest BCUT2D eigenvalue weighted by Crippen LogP contribution is -2.36. The van der Waals surface area contributed by atoms with Crippen molar-refractivity contribution < 1.29 is 0 Å². The maximum atomic E-state index is 6.15. The summed E-state index contributed by atoms with van der Waals surface area (Å²) in [6, 6.07) is 12.5. The summed E-state index contributed by atoms with van der Waals surface area (Å²) in [6.45, 7) is 2.92. The summed E-state index contributed by atoms with van der Waals surface area (Å²) in [7, 11) is 2.11. The maximum Gasteiger partial charge on any atom is 0.0591 e. The molecule has 0 aliphatic carbocycles. The van der Waals surface area contributed by atoms with Gasteiger partial charge in [0.2, 0.25) is 0 Å². The first-order valence-corrected chi connectivity index (χ1v) is 7.57. The average Bonchev–Trinajstić information content (AvgIpc) is 2.85. The molecule has 2 N–H and O–H groups in total. The lowest BCUT2D eigenvalue weighted by Gasteiger charge is -2.30. The van der Waals surface area contributed by atoms with Crippen LogP contribution in [-0.4, -0.2) is 18.0 Å². The number of nitrogens with two attached hydrogens (primary N) is 1. The first-order valence-electron chi connectivity index (χ1n) is 6.31. The Kier molecular flexibility index (Phi) is 4.99. The Balaban J connectivity index is 2.12. The van der Waals surface area contributed by atoms with Crippen LogP contribution in [0, 0.1) is 0 Å². The van der Waals surface area contributed by atoms with E-state index in [1.807, 2.05) is 12.1 Å². The molecule has 0 saturated heterocycles. The van der Waals surface area contributed by atoms with Gasteiger partial charge in [-0.25, -0.2) is 0 Å². The molecule has 0 radical (unpaired) electrons. The molecule has 4 heteroatoms. The van der Waals surface area contributed by atoms with Crippen molar-refractivity contribution in [2.24, 2.45) is 5.73 Å². The smallest absolute Gasteiger partial charge is 0.0591 e. The largest absolute Gasteiger partial charge is 0.326 e. The van der Waals surface area contributed by atoms with Crippen LogP contribution in [-0.2, 0) is 6.54 Å². The van der Waals surface area contributed by atoms with Crippen LogP contribution < -0.4 is 5.73 Å². The third kappa shape index (κ3) is 3.80. The molecule has 2 atom stereocenters. The van der Waals surface area contributed by atoms with E-state index in [2.05, 4.69) is 48.5 Å². The van der Waals surface area contributed by atoms with Crippen LogP contribution in [0.2, 0.25) is 5.02 Å². The van der Waals surface area contributed by atoms with Crippen molar-refractivity contribution in [3.63, 3.8) is 0 Å². The van der Waals surface area contributed by atoms with Crippen molar-refractivity contribution in [1.82, 2.24) is 4.90 Å². The maximum absolute atomic E-state index is 6.15. The molecule has 0 aliphatic heterocycles. The highest BCUT2D eigenvalue weighted by molar-refractivity contribution is 7.10. The van der Waals surface area contributed by atoms with E-state index in [0.29, 0.717) is 0 Å². The minimum Gasteiger partial charge on any atom is -0.326 e. The predicted octanol–water partition coefficient (Wildman–Crippen LogP) is 3.92. The Labute approximate surface area is 123 Å². The molecule has 0 saturated carbocycles. The topological polar surface area (TPSA) is 29.3 Å². The quantitative estimate of drug-likeness (QED) is 0.905. The van der Waals surface area contributed by atoms with Crippen molar-refractivity contribution >= 4 is 22.9 Å². The number of halogens is 1. The van der Waals surface area contributed by atoms with Gasteiger partial charge in [-0.15, -0.1) is 11.3 Å². The third-order valence-electron chi connectivity index (χ3n) is 3.15. The number of hydrogen-bond acceptors (Lipinski definition) is 3. The van der Waals surface area contributed by atoms with Crippen molar-refractivity contribution in [2.75, 3.05) is 7.05 Å². The first kappa shape index (κ1) is 14.5. The number of hydrogen-bond donors (Lipinski definition) is 1. The lowest BCUT2D eigenvalue weighted by atomic mass is 10.1. The fraction of sp³-hybridized carbons (Fsp3) is 0.333. The molecule has 0 amide bonds. The first-order chi connectivity index (χ1) is 9.08. The summed E-state index contributed by atoms with van der Waals surface area (Å²) in [6.07, 6.45) is 0. The van der Waals surface area contributed by atoms with Crippen LogP contribution in [0.15, 0.2) is 41.8 Å². The molecular formula is C15H19ClN2S. The Morgan fingerprint density at radius 1 is 1.26 bits per heavy atom. The predicted molar refractivity (Wildman–Crippen MR) is 83.6 cm³/mol. The Morgan fingerprint density at radius 2 is 1.95 bits per heavy atom. The highest BCUT2D eigenvalue weighted by Gasteiger charge is 2.22. The monoisotopic (exact) mass is 294 g/mol. The second kappa shape index (κ2) is 6.53. The fourth-order valence-corrected chi connectivity index (χ4v) is 3.44. The van der Waals surface area contributed by atoms with Crippen molar-refractivity contribution in [3.8, 4) is 0 Å². The van der Waals surface area contributed by atoms with Crippen molar-refractivity contribution in [3.05, 3.63) is 57.2 Å². The zero-order valence-corrected chi connectivity index (χ0v) is 12.8. The summed E-state index contributed by atoms with van der Waals surface area (Å²) in [5.41, 5.74) is 7.39. The molecule has 0 bridgehead atoms. The van der Waals surface area contributed by atoms with Gasteiger partial charge >= 0.3 is 0 Å². The molecule has 2 rings (SSSR count). The van der Waals surface area contributed by atoms with E-state index < -0.39 is 0 Å². The minimum atomic E-state index is 0.0935. The highest BCUT2D eigenvalue weighted by Crippen LogP contribution is 2.27. The molecule has 0 spiro atoms. The van der Waals surface area contributed by atoms with E-state index in [1.54, 1.807) is 11.3 Å². The summed E-state index contributed by atoms with van der Waals surface area (Å²) in [4.78, 5) is 3.60. The number of likely N-dealkylation sites (N-methyl/N-ethyl adjacent to an activating group) is 1. The van der Waals surface area contributed by atoms with E-state index in [0.717, 1.165) is 11.6 Å². The molecule has 2 nitrogen and oxygen atoms in total. The second-order valence-electron chi connectivity index (χ2n) is 4.86. The Hall–Kier alpha value is -0.870. The van der Waals surface area contributed by atoms with Crippen LogP contribution in [0.4, 0.5) is 0 Å². The zero-order valence-electron chi connectivity index (χ0n) is 11.2. The molecule has 2 unspecified atom stereocenters. The van der Waals surface area contributed by atoms with Gasteiger partial charge < -0.3 is 5.73 Å². The molecule has 1 aromatic carbocycles. The lowest BCUT2D eigenvalue weighted by molar-refractivity contribution is 0.214. The van der Waals surface area contributed by atoms with Crippen molar-refractivity contribution in [1.29, 1.82) is 0 Å². The van der Waals surface area contributed by atoms with Gasteiger partial charge in [0.15, 0.2) is 0 Å². The highest BCUT2D eigenvalue weighted by atomic mass is 35.5. The van der Waals surface area contributed by atoms with Crippen LogP contribution >= 0.6 is 22.9 Å². The van der Waals surface area contributed by atoms with Crippen LogP contribution in [0.1, 0.15) is 23.4 Å². The van der Waals surface area contributed by atoms with Crippen LogP contribution in [0.5, 0.6) is 0 Å². The Bertz CT molecular complexity index is 493. The second-order valence-corrected chi connectivity index (χ2v) is 6.28. The van der Waals surface area contributed by atoms with Gasteiger partial charge in [-0.3, -0.25) is 4.90 Å². The van der Waals surface area contributed by atoms with Gasteiger partial charge in [-0.2, -0.15) is 0 Å². The van der Waals surface area contributed by atoms with Crippen LogP contribution in [0.3, 0.4) is 0 Å². The standard InChI is InChI=1S/C15H19ClN2S/c1-11(17)15(14-4-3-9-19-14)18(2)10-12-5-7-13(16)8-6-12/h3-9,11,15H,10,17H2,1-2H3. The van der Waals surface area contributed by atoms with Gasteiger partial charge in [-0.05, 0) is 43.1 Å². The van der Waals surface area contributed by atoms with Gasteiger partial charge in [0.05, 0.1) is 6.04 Å². The summed E-state index contributed by atoms with van der Waals surface area (Å²) < 4.78 is 0. The van der Waals surface area contributed by atoms with E-state index in [1.165, 1.54) is 10.4 Å². The van der Waals surface area contributed by atoms with Crippen molar-refractivity contribution in [2.45, 2.75) is 25.6 Å². The molecule has 19 heavy (non-hydrogen) atoms. The number of benzene rings is 1. The minimum absolute atomic E-state index is 0.0935. The van der Waals surface area contributed by atoms with Gasteiger partial charge in [0, 0.05) is 22.5 Å². The molecular weight excluding hydrogens is 276 g/mol. The number of thiophene rings is 1. The zero-order chi connectivity index (χ0) is 13.8. The third-order valence-corrected chi connectivity index (χ3v) is 4.35. The number of rotatable bonds is 5. The van der Waals surface area contributed by atoms with Gasteiger partial charge in [0.1, 0.15) is 0 Å². The van der Waals surface area contributed by atoms with E-state index in [4.69, 9.17) is 17.3 Å². The Morgan fingerprint density at radius 3 is 2.47 bits per heavy atom. The summed E-state index contributed by atoms with van der Waals surface area (Å²) in [5, 5.41) is 2.87. The molecule has 0 fully saturated rings. The fourth-order valence-electron chi connectivity index (χ4n) is 2.31. The summed E-state index contributed by atoms with van der Waals surface area (Å²) in [5.74, 6) is 0. The summed E-state index contributed by atoms with van der Waals surface area (Å²) >= 11 is 7.67. The van der Waals surface area contributed by atoms with E-state index >= 15 is 0 Å². The van der Waals surface area contributed by atoms with Gasteiger partial charge in [-0.1, -0.05) is 29.8 Å². The molecule has 1 aromatic heterocycles. The molecule has 2 aromatic rings. The van der Waals surface area contributed by atoms with E-state index in [9.17, 15) is 0 Å². The van der Waals surface area contributed by atoms with E-state index in [-0.39, 0.29) is 12.1 Å². The molecule has 0 aliphatic rings.